The number of rotatable bonds is 4. The molecule has 1 aromatic rings. The highest BCUT2D eigenvalue weighted by atomic mass is 16.5. The molecule has 0 aliphatic heterocycles. The summed E-state index contributed by atoms with van der Waals surface area (Å²) in [5, 5.41) is 18.6. The van der Waals surface area contributed by atoms with Crippen LogP contribution in [0.3, 0.4) is 0 Å². The average Bonchev–Trinajstić information content (AvgIpc) is 3.30. The predicted molar refractivity (Wildman–Crippen MR) is 67.9 cm³/mol. The number of nitrogens with zero attached hydrogens (tertiary/aromatic N) is 4. The van der Waals surface area contributed by atoms with E-state index in [1.807, 2.05) is 12.1 Å². The highest BCUT2D eigenvalue weighted by Crippen LogP contribution is 2.52. The van der Waals surface area contributed by atoms with E-state index in [1.54, 1.807) is 6.92 Å². The minimum atomic E-state index is -1.29. The fraction of sp³-hybridized carbons (Fsp3) is 0.500. The van der Waals surface area contributed by atoms with E-state index in [1.165, 1.54) is 19.5 Å². The van der Waals surface area contributed by atoms with Gasteiger partial charge < -0.3 is 4.74 Å². The molecule has 1 aromatic heterocycles. The number of ether oxygens (including phenoxy) is 1. The van der Waals surface area contributed by atoms with Crippen LogP contribution in [0, 0.1) is 41.4 Å². The van der Waals surface area contributed by atoms with Crippen molar-refractivity contribution < 1.29 is 9.53 Å². The molecule has 0 N–H and O–H groups in total. The standard InChI is InChI=1S/C14H14N4O2/c1-9-17-7-12(8-18-9)14(10-3-4-10,13(19)20-2)11(5-15)6-16/h7-8,10-11H,3-4H2,1-2H3/t14-/m1/s1. The van der Waals surface area contributed by atoms with Crippen LogP contribution in [0.4, 0.5) is 0 Å². The molecular weight excluding hydrogens is 256 g/mol. The number of carbonyl (C=O) groups is 1. The van der Waals surface area contributed by atoms with Crippen molar-refractivity contribution in [2.45, 2.75) is 25.2 Å². The lowest BCUT2D eigenvalue weighted by molar-refractivity contribution is -0.149. The Labute approximate surface area is 117 Å². The first-order valence-electron chi connectivity index (χ1n) is 6.28. The molecule has 1 aliphatic rings. The van der Waals surface area contributed by atoms with Crippen LogP contribution in [0.5, 0.6) is 0 Å². The molecule has 0 aromatic carbocycles. The monoisotopic (exact) mass is 270 g/mol. The van der Waals surface area contributed by atoms with Crippen LogP contribution in [-0.4, -0.2) is 23.0 Å². The summed E-state index contributed by atoms with van der Waals surface area (Å²) in [6, 6.07) is 3.85. The first kappa shape index (κ1) is 14.0. The number of esters is 1. The molecule has 102 valence electrons. The number of carbonyl (C=O) groups excluding carboxylic acids is 1. The highest BCUT2D eigenvalue weighted by molar-refractivity contribution is 5.85. The number of hydrogen-bond acceptors (Lipinski definition) is 6. The Bertz CT molecular complexity index is 581. The van der Waals surface area contributed by atoms with E-state index in [4.69, 9.17) is 4.74 Å². The molecule has 0 amide bonds. The van der Waals surface area contributed by atoms with E-state index in [-0.39, 0.29) is 5.92 Å². The quantitative estimate of drug-likeness (QED) is 0.764. The number of methoxy groups -OCH3 is 1. The van der Waals surface area contributed by atoms with Crippen molar-refractivity contribution in [3.05, 3.63) is 23.8 Å². The number of hydrogen-bond donors (Lipinski definition) is 0. The molecule has 0 radical (unpaired) electrons. The third-order valence-corrected chi connectivity index (χ3v) is 3.72. The molecular formula is C14H14N4O2. The molecule has 0 bridgehead atoms. The SMILES string of the molecule is COC(=O)[C@@](c1cnc(C)nc1)(C(C#N)C#N)C1CC1. The molecule has 0 unspecified atom stereocenters. The smallest absolute Gasteiger partial charge is 0.319 e. The molecule has 0 spiro atoms. The topological polar surface area (TPSA) is 99.7 Å². The van der Waals surface area contributed by atoms with E-state index >= 15 is 0 Å². The van der Waals surface area contributed by atoms with Crippen molar-refractivity contribution in [2.75, 3.05) is 7.11 Å². The van der Waals surface area contributed by atoms with Crippen LogP contribution in [0.2, 0.25) is 0 Å². The van der Waals surface area contributed by atoms with E-state index in [2.05, 4.69) is 9.97 Å². The van der Waals surface area contributed by atoms with Gasteiger partial charge >= 0.3 is 5.97 Å². The largest absolute Gasteiger partial charge is 0.468 e. The Balaban J connectivity index is 2.64. The lowest BCUT2D eigenvalue weighted by atomic mass is 9.68. The fourth-order valence-electron chi connectivity index (χ4n) is 2.59. The van der Waals surface area contributed by atoms with Gasteiger partial charge in [-0.3, -0.25) is 4.79 Å². The molecule has 20 heavy (non-hydrogen) atoms. The maximum absolute atomic E-state index is 12.4. The molecule has 6 nitrogen and oxygen atoms in total. The minimum absolute atomic E-state index is 0.0782. The average molecular weight is 270 g/mol. The Hall–Kier alpha value is -2.47. The molecule has 2 rings (SSSR count). The molecule has 1 saturated carbocycles. The van der Waals surface area contributed by atoms with E-state index in [9.17, 15) is 15.3 Å². The van der Waals surface area contributed by atoms with Crippen molar-refractivity contribution in [3.8, 4) is 12.1 Å². The van der Waals surface area contributed by atoms with Gasteiger partial charge in [0.15, 0.2) is 5.92 Å². The van der Waals surface area contributed by atoms with Crippen LogP contribution in [0.1, 0.15) is 24.2 Å². The van der Waals surface area contributed by atoms with Crippen molar-refractivity contribution in [3.63, 3.8) is 0 Å². The Morgan fingerprint density at radius 1 is 1.40 bits per heavy atom. The molecule has 1 atom stereocenters. The zero-order valence-electron chi connectivity index (χ0n) is 11.3. The Morgan fingerprint density at radius 2 is 1.95 bits per heavy atom. The molecule has 1 aliphatic carbocycles. The minimum Gasteiger partial charge on any atom is -0.468 e. The summed E-state index contributed by atoms with van der Waals surface area (Å²) in [6.45, 7) is 1.73. The van der Waals surface area contributed by atoms with Gasteiger partial charge in [0.1, 0.15) is 11.2 Å². The normalized spacial score (nSPS) is 16.9. The second kappa shape index (κ2) is 5.26. The van der Waals surface area contributed by atoms with E-state index < -0.39 is 17.3 Å². The fourth-order valence-corrected chi connectivity index (χ4v) is 2.59. The van der Waals surface area contributed by atoms with Gasteiger partial charge in [-0.2, -0.15) is 10.5 Å². The summed E-state index contributed by atoms with van der Waals surface area (Å²) in [4.78, 5) is 20.6. The summed E-state index contributed by atoms with van der Waals surface area (Å²) < 4.78 is 4.89. The van der Waals surface area contributed by atoms with Crippen LogP contribution in [-0.2, 0) is 14.9 Å². The van der Waals surface area contributed by atoms with Gasteiger partial charge in [-0.25, -0.2) is 9.97 Å². The predicted octanol–water partition coefficient (Wildman–Crippen LogP) is 1.27. The second-order valence-corrected chi connectivity index (χ2v) is 4.85. The van der Waals surface area contributed by atoms with Gasteiger partial charge in [0.05, 0.1) is 19.2 Å². The van der Waals surface area contributed by atoms with Crippen LogP contribution in [0.25, 0.3) is 0 Å². The zero-order chi connectivity index (χ0) is 14.8. The van der Waals surface area contributed by atoms with Crippen molar-refractivity contribution in [1.82, 2.24) is 9.97 Å². The second-order valence-electron chi connectivity index (χ2n) is 4.85. The van der Waals surface area contributed by atoms with E-state index in [0.29, 0.717) is 11.4 Å². The lowest BCUT2D eigenvalue weighted by Gasteiger charge is -2.31. The maximum atomic E-state index is 12.4. The van der Waals surface area contributed by atoms with Crippen molar-refractivity contribution >= 4 is 5.97 Å². The van der Waals surface area contributed by atoms with Gasteiger partial charge in [-0.15, -0.1) is 0 Å². The number of aromatic nitrogens is 2. The Morgan fingerprint density at radius 3 is 2.35 bits per heavy atom. The summed E-state index contributed by atoms with van der Waals surface area (Å²) in [5.74, 6) is -1.20. The first-order chi connectivity index (χ1) is 9.60. The third kappa shape index (κ3) is 2.00. The van der Waals surface area contributed by atoms with Crippen molar-refractivity contribution in [1.29, 1.82) is 10.5 Å². The van der Waals surface area contributed by atoms with Gasteiger partial charge in [-0.05, 0) is 25.7 Å². The van der Waals surface area contributed by atoms with Gasteiger partial charge in [0.2, 0.25) is 0 Å². The third-order valence-electron chi connectivity index (χ3n) is 3.72. The molecule has 1 heterocycles. The first-order valence-corrected chi connectivity index (χ1v) is 6.28. The number of nitriles is 2. The van der Waals surface area contributed by atoms with Crippen molar-refractivity contribution in [2.24, 2.45) is 11.8 Å². The summed E-state index contributed by atoms with van der Waals surface area (Å²) in [5.41, 5.74) is -0.808. The lowest BCUT2D eigenvalue weighted by Crippen LogP contribution is -2.45. The van der Waals surface area contributed by atoms with E-state index in [0.717, 1.165) is 12.8 Å². The molecule has 6 heteroatoms. The Kier molecular flexibility index (Phi) is 3.67. The van der Waals surface area contributed by atoms with Crippen LogP contribution < -0.4 is 0 Å². The highest BCUT2D eigenvalue weighted by Gasteiger charge is 2.59. The maximum Gasteiger partial charge on any atom is 0.319 e. The summed E-state index contributed by atoms with van der Waals surface area (Å²) in [7, 11) is 1.26. The zero-order valence-corrected chi connectivity index (χ0v) is 11.3. The molecule has 1 fully saturated rings. The van der Waals surface area contributed by atoms with Gasteiger partial charge in [-0.1, -0.05) is 0 Å². The van der Waals surface area contributed by atoms with Crippen LogP contribution in [0.15, 0.2) is 12.4 Å². The summed E-state index contributed by atoms with van der Waals surface area (Å²) >= 11 is 0. The summed E-state index contributed by atoms with van der Waals surface area (Å²) in [6.07, 6.45) is 4.59. The number of aryl methyl sites for hydroxylation is 1. The van der Waals surface area contributed by atoms with Crippen LogP contribution >= 0.6 is 0 Å². The molecule has 0 saturated heterocycles. The van der Waals surface area contributed by atoms with Gasteiger partial charge in [0.25, 0.3) is 0 Å². The van der Waals surface area contributed by atoms with Gasteiger partial charge in [0, 0.05) is 18.0 Å².